The summed E-state index contributed by atoms with van der Waals surface area (Å²) in [4.78, 5) is 54.6. The second kappa shape index (κ2) is 18.5. The Hall–Kier alpha value is -4.28. The Bertz CT molecular complexity index is 1240. The number of phenols is 2. The van der Waals surface area contributed by atoms with Crippen molar-refractivity contribution in [3.05, 3.63) is 59.7 Å². The maximum absolute atomic E-state index is 14.5. The number of carbonyl (C=O) groups excluding carboxylic acids is 4. The van der Waals surface area contributed by atoms with Gasteiger partial charge in [0.2, 0.25) is 11.8 Å². The fourth-order valence-electron chi connectivity index (χ4n) is 4.76. The van der Waals surface area contributed by atoms with Crippen LogP contribution < -0.4 is 10.6 Å². The Morgan fingerprint density at radius 1 is 0.911 bits per heavy atom. The summed E-state index contributed by atoms with van der Waals surface area (Å²) >= 11 is 0. The van der Waals surface area contributed by atoms with Crippen molar-refractivity contribution >= 4 is 23.9 Å². The highest BCUT2D eigenvalue weighted by atomic mass is 16.6. The zero-order chi connectivity index (χ0) is 33.4. The number of esters is 1. The molecule has 0 heterocycles. The molecule has 2 aromatic rings. The topological polar surface area (TPSA) is 154 Å². The summed E-state index contributed by atoms with van der Waals surface area (Å²) in [7, 11) is 0. The van der Waals surface area contributed by atoms with Crippen LogP contribution in [0.3, 0.4) is 0 Å². The van der Waals surface area contributed by atoms with E-state index in [1.54, 1.807) is 52.0 Å². The molecule has 0 aromatic heterocycles. The Morgan fingerprint density at radius 2 is 1.60 bits per heavy atom. The number of hydrogen-bond acceptors (Lipinski definition) is 8. The van der Waals surface area contributed by atoms with Gasteiger partial charge in [-0.05, 0) is 69.5 Å². The van der Waals surface area contributed by atoms with E-state index < -0.39 is 41.6 Å². The van der Waals surface area contributed by atoms with E-state index >= 15 is 0 Å². The van der Waals surface area contributed by atoms with E-state index in [1.165, 1.54) is 29.2 Å². The second-order valence-electron chi connectivity index (χ2n) is 11.9. The lowest BCUT2D eigenvalue weighted by atomic mass is 9.99. The Balaban J connectivity index is 2.52. The van der Waals surface area contributed by atoms with Gasteiger partial charge >= 0.3 is 12.1 Å². The largest absolute Gasteiger partial charge is 0.508 e. The molecule has 0 fully saturated rings. The summed E-state index contributed by atoms with van der Waals surface area (Å²) in [6.07, 6.45) is 3.63. The van der Waals surface area contributed by atoms with Crippen molar-refractivity contribution in [3.8, 4) is 11.5 Å². The van der Waals surface area contributed by atoms with Crippen molar-refractivity contribution in [2.75, 3.05) is 19.7 Å². The Kier molecular flexibility index (Phi) is 15.2. The number of benzene rings is 2. The predicted octanol–water partition coefficient (Wildman–Crippen LogP) is 5.14. The quantitative estimate of drug-likeness (QED) is 0.139. The third kappa shape index (κ3) is 13.5. The smallest absolute Gasteiger partial charge is 0.408 e. The normalized spacial score (nSPS) is 12.5. The fraction of sp³-hybridized carbons (Fsp3) is 0.529. The summed E-state index contributed by atoms with van der Waals surface area (Å²) < 4.78 is 10.4. The van der Waals surface area contributed by atoms with Crippen LogP contribution in [0.4, 0.5) is 4.79 Å². The Labute approximate surface area is 266 Å². The summed E-state index contributed by atoms with van der Waals surface area (Å²) in [5.74, 6) is -1.57. The standard InChI is InChI=1S/C34H49N3O8/c1-6-8-9-10-11-21-37(30(25-13-12-14-27(39)23-25)31(41)35-20-19-29(40)44-7-2)32(42)28(36-33(43)45-34(3,4)5)22-24-15-17-26(38)18-16-24/h12-18,23,28,30,38-39H,6-11,19-22H2,1-5H3,(H,35,41)(H,36,43). The number of nitrogens with one attached hydrogen (secondary N) is 2. The van der Waals surface area contributed by atoms with Crippen LogP contribution in [0.15, 0.2) is 48.5 Å². The van der Waals surface area contributed by atoms with Crippen molar-refractivity contribution in [3.63, 3.8) is 0 Å². The molecule has 2 aromatic carbocycles. The van der Waals surface area contributed by atoms with Crippen LogP contribution in [0.2, 0.25) is 0 Å². The van der Waals surface area contributed by atoms with Gasteiger partial charge in [-0.2, -0.15) is 0 Å². The van der Waals surface area contributed by atoms with Crippen molar-refractivity contribution in [1.82, 2.24) is 15.5 Å². The van der Waals surface area contributed by atoms with E-state index in [-0.39, 0.29) is 44.0 Å². The number of hydrogen-bond donors (Lipinski definition) is 4. The number of nitrogens with zero attached hydrogens (tertiary/aromatic N) is 1. The molecule has 2 rings (SSSR count). The van der Waals surface area contributed by atoms with Crippen molar-refractivity contribution in [2.24, 2.45) is 0 Å². The molecule has 0 radical (unpaired) electrons. The van der Waals surface area contributed by atoms with Gasteiger partial charge in [0, 0.05) is 19.5 Å². The van der Waals surface area contributed by atoms with E-state index in [2.05, 4.69) is 17.6 Å². The molecule has 2 atom stereocenters. The first-order valence-corrected chi connectivity index (χ1v) is 15.6. The van der Waals surface area contributed by atoms with Crippen LogP contribution >= 0.6 is 0 Å². The number of aromatic hydroxyl groups is 2. The summed E-state index contributed by atoms with van der Waals surface area (Å²) in [5, 5.41) is 25.5. The third-order valence-corrected chi connectivity index (χ3v) is 6.83. The number of carbonyl (C=O) groups is 4. The first kappa shape index (κ1) is 36.9. The molecule has 11 nitrogen and oxygen atoms in total. The molecular formula is C34H49N3O8. The molecule has 3 amide bonds. The van der Waals surface area contributed by atoms with E-state index in [9.17, 15) is 29.4 Å². The van der Waals surface area contributed by atoms with Gasteiger partial charge in [0.15, 0.2) is 0 Å². The van der Waals surface area contributed by atoms with Crippen LogP contribution in [0.5, 0.6) is 11.5 Å². The van der Waals surface area contributed by atoms with Crippen LogP contribution in [-0.2, 0) is 30.3 Å². The molecule has 0 aliphatic rings. The van der Waals surface area contributed by atoms with Gasteiger partial charge in [-0.3, -0.25) is 14.4 Å². The molecule has 0 aliphatic carbocycles. The maximum Gasteiger partial charge on any atom is 0.408 e. The average molecular weight is 628 g/mol. The number of amides is 3. The number of rotatable bonds is 17. The molecule has 11 heteroatoms. The zero-order valence-corrected chi connectivity index (χ0v) is 27.1. The van der Waals surface area contributed by atoms with Gasteiger partial charge in [0.1, 0.15) is 29.2 Å². The lowest BCUT2D eigenvalue weighted by Gasteiger charge is -2.34. The SMILES string of the molecule is CCCCCCCN(C(=O)C(Cc1ccc(O)cc1)NC(=O)OC(C)(C)C)C(C(=O)NCCC(=O)OCC)c1cccc(O)c1. The third-order valence-electron chi connectivity index (χ3n) is 6.83. The highest BCUT2D eigenvalue weighted by molar-refractivity contribution is 5.92. The minimum absolute atomic E-state index is 0.0153. The molecule has 4 N–H and O–H groups in total. The summed E-state index contributed by atoms with van der Waals surface area (Å²) in [5.41, 5.74) is 0.210. The van der Waals surface area contributed by atoms with Crippen LogP contribution in [0.1, 0.15) is 90.3 Å². The molecular weight excluding hydrogens is 578 g/mol. The molecule has 0 saturated heterocycles. The van der Waals surface area contributed by atoms with Crippen molar-refractivity contribution in [1.29, 1.82) is 0 Å². The molecule has 0 saturated carbocycles. The van der Waals surface area contributed by atoms with E-state index in [0.717, 1.165) is 25.7 Å². The van der Waals surface area contributed by atoms with E-state index in [1.807, 2.05) is 0 Å². The van der Waals surface area contributed by atoms with Crippen LogP contribution in [-0.4, -0.2) is 70.3 Å². The minimum Gasteiger partial charge on any atom is -0.508 e. The lowest BCUT2D eigenvalue weighted by molar-refractivity contribution is -0.144. The minimum atomic E-state index is -1.18. The van der Waals surface area contributed by atoms with E-state index in [0.29, 0.717) is 17.5 Å². The average Bonchev–Trinajstić information content (AvgIpc) is 2.96. The number of ether oxygens (including phenoxy) is 2. The molecule has 248 valence electrons. The van der Waals surface area contributed by atoms with Gasteiger partial charge in [0.25, 0.3) is 0 Å². The number of alkyl carbamates (subject to hydrolysis) is 1. The number of phenolic OH excluding ortho intramolecular Hbond substituents is 2. The molecule has 0 aliphatic heterocycles. The molecule has 2 unspecified atom stereocenters. The highest BCUT2D eigenvalue weighted by Gasteiger charge is 2.36. The van der Waals surface area contributed by atoms with Gasteiger partial charge < -0.3 is 35.2 Å². The summed E-state index contributed by atoms with van der Waals surface area (Å²) in [6.45, 7) is 9.32. The fourth-order valence-corrected chi connectivity index (χ4v) is 4.76. The van der Waals surface area contributed by atoms with Crippen LogP contribution in [0, 0.1) is 0 Å². The van der Waals surface area contributed by atoms with Gasteiger partial charge in [-0.15, -0.1) is 0 Å². The molecule has 0 spiro atoms. The molecule has 0 bridgehead atoms. The first-order chi connectivity index (χ1) is 21.3. The Morgan fingerprint density at radius 3 is 2.22 bits per heavy atom. The predicted molar refractivity (Wildman–Crippen MR) is 171 cm³/mol. The zero-order valence-electron chi connectivity index (χ0n) is 27.1. The maximum atomic E-state index is 14.5. The lowest BCUT2D eigenvalue weighted by Crippen LogP contribution is -2.54. The second-order valence-corrected chi connectivity index (χ2v) is 11.9. The first-order valence-electron chi connectivity index (χ1n) is 15.6. The number of unbranched alkanes of at least 4 members (excludes halogenated alkanes) is 4. The monoisotopic (exact) mass is 627 g/mol. The highest BCUT2D eigenvalue weighted by Crippen LogP contribution is 2.27. The van der Waals surface area contributed by atoms with Gasteiger partial charge in [0.05, 0.1) is 13.0 Å². The van der Waals surface area contributed by atoms with Gasteiger partial charge in [-0.1, -0.05) is 56.9 Å². The van der Waals surface area contributed by atoms with Crippen LogP contribution in [0.25, 0.3) is 0 Å². The van der Waals surface area contributed by atoms with E-state index in [4.69, 9.17) is 9.47 Å². The van der Waals surface area contributed by atoms with Crippen molar-refractivity contribution < 1.29 is 38.9 Å². The summed E-state index contributed by atoms with van der Waals surface area (Å²) in [6, 6.07) is 10.1. The molecule has 45 heavy (non-hydrogen) atoms. The van der Waals surface area contributed by atoms with Gasteiger partial charge in [-0.25, -0.2) is 4.79 Å². The van der Waals surface area contributed by atoms with Crippen molar-refractivity contribution in [2.45, 2.75) is 97.2 Å².